The van der Waals surface area contributed by atoms with Gasteiger partial charge in [0.25, 0.3) is 5.91 Å². The molecule has 0 radical (unpaired) electrons. The number of rotatable bonds is 4. The van der Waals surface area contributed by atoms with Gasteiger partial charge >= 0.3 is 6.03 Å². The summed E-state index contributed by atoms with van der Waals surface area (Å²) in [6, 6.07) is 8.29. The molecule has 3 amide bonds. The van der Waals surface area contributed by atoms with Crippen LogP contribution in [-0.2, 0) is 16.9 Å². The number of amides is 3. The first-order valence-electron chi connectivity index (χ1n) is 7.73. The van der Waals surface area contributed by atoms with Crippen LogP contribution in [0.1, 0.15) is 18.4 Å². The summed E-state index contributed by atoms with van der Waals surface area (Å²) >= 11 is 7.33. The molecule has 132 valence electrons. The highest BCUT2D eigenvalue weighted by atomic mass is 35.5. The quantitative estimate of drug-likeness (QED) is 0.692. The van der Waals surface area contributed by atoms with Gasteiger partial charge < -0.3 is 9.84 Å². The van der Waals surface area contributed by atoms with Crippen molar-refractivity contribution >= 4 is 34.9 Å². The van der Waals surface area contributed by atoms with E-state index in [1.807, 2.05) is 16.8 Å². The van der Waals surface area contributed by atoms with Crippen LogP contribution in [0.15, 0.2) is 45.6 Å². The first-order valence-corrected chi connectivity index (χ1v) is 9.05. The van der Waals surface area contributed by atoms with Gasteiger partial charge in [0.05, 0.1) is 0 Å². The lowest BCUT2D eigenvalue weighted by atomic mass is 9.95. The minimum atomic E-state index is -1.09. The number of halogens is 1. The van der Waals surface area contributed by atoms with E-state index >= 15 is 0 Å². The van der Waals surface area contributed by atoms with E-state index in [0.717, 1.165) is 16.0 Å². The maximum absolute atomic E-state index is 12.8. The van der Waals surface area contributed by atoms with Gasteiger partial charge in [-0.1, -0.05) is 16.8 Å². The Hall–Kier alpha value is -2.71. The van der Waals surface area contributed by atoms with Gasteiger partial charge in [-0.2, -0.15) is 16.3 Å². The Morgan fingerprint density at radius 2 is 2.04 bits per heavy atom. The van der Waals surface area contributed by atoms with E-state index in [-0.39, 0.29) is 18.3 Å². The molecule has 2 aromatic heterocycles. The van der Waals surface area contributed by atoms with E-state index < -0.39 is 11.6 Å². The van der Waals surface area contributed by atoms with Gasteiger partial charge in [-0.25, -0.2) is 4.79 Å². The van der Waals surface area contributed by atoms with Crippen LogP contribution < -0.4 is 5.32 Å². The van der Waals surface area contributed by atoms with Crippen molar-refractivity contribution in [2.45, 2.75) is 19.0 Å². The Morgan fingerprint density at radius 3 is 2.73 bits per heavy atom. The van der Waals surface area contributed by atoms with Crippen LogP contribution in [0.4, 0.5) is 4.79 Å². The van der Waals surface area contributed by atoms with Gasteiger partial charge in [-0.05, 0) is 53.6 Å². The summed E-state index contributed by atoms with van der Waals surface area (Å²) in [6.45, 7) is 1.59. The maximum atomic E-state index is 12.8. The van der Waals surface area contributed by atoms with Gasteiger partial charge in [-0.15, -0.1) is 0 Å². The molecule has 0 saturated carbocycles. The van der Waals surface area contributed by atoms with Crippen LogP contribution in [0, 0.1) is 0 Å². The Balaban J connectivity index is 1.55. The van der Waals surface area contributed by atoms with Gasteiger partial charge in [0.1, 0.15) is 12.1 Å². The summed E-state index contributed by atoms with van der Waals surface area (Å²) in [6.07, 6.45) is 0. The van der Waals surface area contributed by atoms with Crippen molar-refractivity contribution in [3.63, 3.8) is 0 Å². The number of hydrogen-bond donors (Lipinski definition) is 1. The first kappa shape index (κ1) is 16.7. The third-order valence-electron chi connectivity index (χ3n) is 4.24. The van der Waals surface area contributed by atoms with Crippen LogP contribution in [0.5, 0.6) is 0 Å². The molecule has 1 atom stereocenters. The molecule has 1 unspecified atom stereocenters. The normalized spacial score (nSPS) is 19.8. The van der Waals surface area contributed by atoms with Crippen molar-refractivity contribution < 1.29 is 14.1 Å². The third-order valence-corrected chi connectivity index (χ3v) is 5.17. The molecular formula is C17H13ClN4O3S. The molecule has 26 heavy (non-hydrogen) atoms. The fraction of sp³-hybridized carbons (Fsp3) is 0.176. The second-order valence-electron chi connectivity index (χ2n) is 5.98. The summed E-state index contributed by atoms with van der Waals surface area (Å²) in [5, 5.41) is 10.9. The number of urea groups is 1. The van der Waals surface area contributed by atoms with E-state index in [1.54, 1.807) is 31.2 Å². The van der Waals surface area contributed by atoms with Gasteiger partial charge in [-0.3, -0.25) is 9.69 Å². The van der Waals surface area contributed by atoms with Crippen molar-refractivity contribution in [1.82, 2.24) is 20.4 Å². The lowest BCUT2D eigenvalue weighted by Crippen LogP contribution is -2.40. The third kappa shape index (κ3) is 2.77. The number of nitrogens with zero attached hydrogens (tertiary/aromatic N) is 3. The molecular weight excluding hydrogens is 376 g/mol. The van der Waals surface area contributed by atoms with E-state index in [4.69, 9.17) is 16.1 Å². The van der Waals surface area contributed by atoms with E-state index in [2.05, 4.69) is 15.5 Å². The molecule has 1 N–H and O–H groups in total. The summed E-state index contributed by atoms with van der Waals surface area (Å²) in [5.41, 5.74) is 0.385. The Kier molecular flexibility index (Phi) is 4.01. The van der Waals surface area contributed by atoms with Crippen molar-refractivity contribution in [3.8, 4) is 11.4 Å². The number of hydrogen-bond acceptors (Lipinski definition) is 6. The van der Waals surface area contributed by atoms with Gasteiger partial charge in [0, 0.05) is 10.6 Å². The van der Waals surface area contributed by atoms with Crippen LogP contribution in [0.3, 0.4) is 0 Å². The molecule has 4 rings (SSSR count). The predicted octanol–water partition coefficient (Wildman–Crippen LogP) is 3.42. The molecule has 1 aromatic carbocycles. The largest absolute Gasteiger partial charge is 0.337 e. The second kappa shape index (κ2) is 6.22. The maximum Gasteiger partial charge on any atom is 0.325 e. The number of nitrogens with one attached hydrogen (secondary N) is 1. The molecule has 9 heteroatoms. The van der Waals surface area contributed by atoms with Gasteiger partial charge in [0.15, 0.2) is 0 Å². The van der Waals surface area contributed by atoms with Crippen LogP contribution in [0.25, 0.3) is 11.4 Å². The number of benzene rings is 1. The van der Waals surface area contributed by atoms with Crippen LogP contribution in [-0.4, -0.2) is 27.0 Å². The van der Waals surface area contributed by atoms with E-state index in [1.165, 1.54) is 11.3 Å². The Morgan fingerprint density at radius 1 is 1.27 bits per heavy atom. The smallest absolute Gasteiger partial charge is 0.325 e. The van der Waals surface area contributed by atoms with Crippen LogP contribution >= 0.6 is 22.9 Å². The summed E-state index contributed by atoms with van der Waals surface area (Å²) in [7, 11) is 0. The summed E-state index contributed by atoms with van der Waals surface area (Å²) in [5.74, 6) is 0.185. The first-order chi connectivity index (χ1) is 12.5. The minimum Gasteiger partial charge on any atom is -0.337 e. The molecule has 3 aromatic rings. The topological polar surface area (TPSA) is 88.3 Å². The molecule has 1 fully saturated rings. The molecule has 1 aliphatic heterocycles. The highest BCUT2D eigenvalue weighted by Crippen LogP contribution is 2.31. The summed E-state index contributed by atoms with van der Waals surface area (Å²) < 4.78 is 5.20. The SMILES string of the molecule is CC1(c2ccsc2)NC(=O)N(Cc2nc(-c3ccc(Cl)cc3)no2)C1=O. The number of imide groups is 1. The van der Waals surface area contributed by atoms with E-state index in [0.29, 0.717) is 10.8 Å². The molecule has 1 saturated heterocycles. The number of aromatic nitrogens is 2. The molecule has 1 aliphatic rings. The highest BCUT2D eigenvalue weighted by molar-refractivity contribution is 7.08. The molecule has 0 bridgehead atoms. The predicted molar refractivity (Wildman–Crippen MR) is 95.5 cm³/mol. The zero-order valence-electron chi connectivity index (χ0n) is 13.6. The standard InChI is InChI=1S/C17H13ClN4O3S/c1-17(11-6-7-26-9-11)15(23)22(16(24)20-17)8-13-19-14(21-25-13)10-2-4-12(18)5-3-10/h2-7,9H,8H2,1H3,(H,20,24). The average molecular weight is 389 g/mol. The zero-order chi connectivity index (χ0) is 18.3. The minimum absolute atomic E-state index is 0.0923. The monoisotopic (exact) mass is 388 g/mol. The van der Waals surface area contributed by atoms with E-state index in [9.17, 15) is 9.59 Å². The Bertz CT molecular complexity index is 970. The fourth-order valence-corrected chi connectivity index (χ4v) is 3.65. The highest BCUT2D eigenvalue weighted by Gasteiger charge is 2.49. The molecule has 3 heterocycles. The fourth-order valence-electron chi connectivity index (χ4n) is 2.76. The van der Waals surface area contributed by atoms with Crippen molar-refractivity contribution in [2.24, 2.45) is 0 Å². The lowest BCUT2D eigenvalue weighted by molar-refractivity contribution is -0.131. The molecule has 7 nitrogen and oxygen atoms in total. The zero-order valence-corrected chi connectivity index (χ0v) is 15.2. The van der Waals surface area contributed by atoms with Crippen molar-refractivity contribution in [2.75, 3.05) is 0 Å². The lowest BCUT2D eigenvalue weighted by Gasteiger charge is -2.20. The van der Waals surface area contributed by atoms with Crippen LogP contribution in [0.2, 0.25) is 5.02 Å². The van der Waals surface area contributed by atoms with Crippen molar-refractivity contribution in [1.29, 1.82) is 0 Å². The van der Waals surface area contributed by atoms with Crippen molar-refractivity contribution in [3.05, 3.63) is 57.6 Å². The number of carbonyl (C=O) groups is 2. The van der Waals surface area contributed by atoms with Gasteiger partial charge in [0.2, 0.25) is 11.7 Å². The second-order valence-corrected chi connectivity index (χ2v) is 7.19. The average Bonchev–Trinajstić information content (AvgIpc) is 3.34. The number of thiophene rings is 1. The summed E-state index contributed by atoms with van der Waals surface area (Å²) in [4.78, 5) is 30.4. The Labute approximate surface area is 157 Å². The molecule has 0 aliphatic carbocycles. The number of carbonyl (C=O) groups excluding carboxylic acids is 2. The molecule has 0 spiro atoms.